The summed E-state index contributed by atoms with van der Waals surface area (Å²) in [4.78, 5) is 31.6. The van der Waals surface area contributed by atoms with Crippen LogP contribution in [0.1, 0.15) is 44.1 Å². The van der Waals surface area contributed by atoms with E-state index >= 15 is 0 Å². The molecule has 0 saturated carbocycles. The molecule has 3 heterocycles. The second kappa shape index (κ2) is 8.74. The number of likely N-dealkylation sites (tertiary alicyclic amines) is 1. The van der Waals surface area contributed by atoms with Crippen LogP contribution in [0, 0.1) is 5.92 Å². The summed E-state index contributed by atoms with van der Waals surface area (Å²) < 4.78 is 0. The highest BCUT2D eigenvalue weighted by Gasteiger charge is 2.38. The summed E-state index contributed by atoms with van der Waals surface area (Å²) in [5.74, 6) is 0.331. The number of urea groups is 1. The Kier molecular flexibility index (Phi) is 6.09. The predicted molar refractivity (Wildman–Crippen MR) is 113 cm³/mol. The van der Waals surface area contributed by atoms with Crippen molar-refractivity contribution in [2.75, 3.05) is 27.2 Å². The lowest BCUT2D eigenvalue weighted by atomic mass is 9.92. The van der Waals surface area contributed by atoms with E-state index in [4.69, 9.17) is 0 Å². The first-order valence-electron chi connectivity index (χ1n) is 11.1. The van der Waals surface area contributed by atoms with E-state index < -0.39 is 0 Å². The Morgan fingerprint density at radius 2 is 1.62 bits per heavy atom. The number of hydrogen-bond acceptors (Lipinski definition) is 3. The molecule has 3 saturated heterocycles. The van der Waals surface area contributed by atoms with Crippen molar-refractivity contribution >= 4 is 11.9 Å². The zero-order chi connectivity index (χ0) is 20.4. The Labute approximate surface area is 174 Å². The topological polar surface area (TPSA) is 55.9 Å². The van der Waals surface area contributed by atoms with Crippen LogP contribution in [0.4, 0.5) is 4.79 Å². The first-order chi connectivity index (χ1) is 14.0. The van der Waals surface area contributed by atoms with Gasteiger partial charge >= 0.3 is 6.03 Å². The highest BCUT2D eigenvalue weighted by molar-refractivity contribution is 5.80. The summed E-state index contributed by atoms with van der Waals surface area (Å²) in [6, 6.07) is 11.7. The van der Waals surface area contributed by atoms with Crippen molar-refractivity contribution in [3.05, 3.63) is 35.9 Å². The highest BCUT2D eigenvalue weighted by Crippen LogP contribution is 2.31. The molecule has 0 spiro atoms. The van der Waals surface area contributed by atoms with E-state index in [0.717, 1.165) is 31.2 Å². The van der Waals surface area contributed by atoms with Gasteiger partial charge in [-0.25, -0.2) is 4.79 Å². The first kappa shape index (κ1) is 20.2. The Morgan fingerprint density at radius 1 is 1.00 bits per heavy atom. The molecule has 0 aliphatic carbocycles. The fourth-order valence-electron chi connectivity index (χ4n) is 5.30. The highest BCUT2D eigenvalue weighted by atomic mass is 16.2. The van der Waals surface area contributed by atoms with E-state index in [1.54, 1.807) is 4.90 Å². The Hall–Kier alpha value is -2.08. The Morgan fingerprint density at radius 3 is 2.24 bits per heavy atom. The molecular weight excluding hydrogens is 364 g/mol. The number of fused-ring (bicyclic) bond motifs is 2. The van der Waals surface area contributed by atoms with E-state index in [0.29, 0.717) is 37.8 Å². The molecule has 3 amide bonds. The van der Waals surface area contributed by atoms with Crippen LogP contribution in [0.2, 0.25) is 0 Å². The second-order valence-corrected chi connectivity index (χ2v) is 9.10. The standard InChI is InChI=1S/C23H34N4O2/c1-25(16-17-6-4-3-5-7-17)23(29)27-12-10-18(11-13-27)22(28)26(2)21-14-19-8-9-20(15-21)24-19/h3-7,18-21,24H,8-16H2,1-2H3. The van der Waals surface area contributed by atoms with Gasteiger partial charge in [0, 0.05) is 57.8 Å². The predicted octanol–water partition coefficient (Wildman–Crippen LogP) is 2.69. The van der Waals surface area contributed by atoms with Gasteiger partial charge in [0.15, 0.2) is 0 Å². The molecule has 158 valence electrons. The van der Waals surface area contributed by atoms with Crippen LogP contribution in [0.3, 0.4) is 0 Å². The monoisotopic (exact) mass is 398 g/mol. The van der Waals surface area contributed by atoms with Gasteiger partial charge in [0.05, 0.1) is 0 Å². The number of carbonyl (C=O) groups excluding carboxylic acids is 2. The molecule has 2 bridgehead atoms. The minimum atomic E-state index is 0.0519. The lowest BCUT2D eigenvalue weighted by Crippen LogP contribution is -2.52. The van der Waals surface area contributed by atoms with E-state index in [1.165, 1.54) is 12.8 Å². The maximum Gasteiger partial charge on any atom is 0.320 e. The molecule has 1 N–H and O–H groups in total. The van der Waals surface area contributed by atoms with E-state index in [9.17, 15) is 9.59 Å². The van der Waals surface area contributed by atoms with Gasteiger partial charge in [-0.3, -0.25) is 4.79 Å². The first-order valence-corrected chi connectivity index (χ1v) is 11.1. The Bertz CT molecular complexity index is 705. The summed E-state index contributed by atoms with van der Waals surface area (Å²) in [6.45, 7) is 1.94. The summed E-state index contributed by atoms with van der Waals surface area (Å²) >= 11 is 0. The quantitative estimate of drug-likeness (QED) is 0.848. The average molecular weight is 399 g/mol. The normalized spacial score (nSPS) is 27.0. The van der Waals surface area contributed by atoms with E-state index in [2.05, 4.69) is 5.32 Å². The van der Waals surface area contributed by atoms with Gasteiger partial charge in [-0.1, -0.05) is 30.3 Å². The number of benzene rings is 1. The van der Waals surface area contributed by atoms with Gasteiger partial charge in [-0.2, -0.15) is 0 Å². The third-order valence-electron chi connectivity index (χ3n) is 7.05. The van der Waals surface area contributed by atoms with Crippen molar-refractivity contribution in [1.82, 2.24) is 20.0 Å². The van der Waals surface area contributed by atoms with Crippen molar-refractivity contribution in [3.8, 4) is 0 Å². The van der Waals surface area contributed by atoms with Gasteiger partial charge < -0.3 is 20.0 Å². The summed E-state index contributed by atoms with van der Waals surface area (Å²) in [6.07, 6.45) is 6.21. The van der Waals surface area contributed by atoms with E-state index in [-0.39, 0.29) is 17.9 Å². The van der Waals surface area contributed by atoms with Crippen LogP contribution in [0.25, 0.3) is 0 Å². The molecular formula is C23H34N4O2. The number of hydrogen-bond donors (Lipinski definition) is 1. The molecule has 1 aromatic carbocycles. The van der Waals surface area contributed by atoms with Crippen LogP contribution < -0.4 is 5.32 Å². The smallest absolute Gasteiger partial charge is 0.320 e. The Balaban J connectivity index is 1.26. The molecule has 0 radical (unpaired) electrons. The van der Waals surface area contributed by atoms with Crippen molar-refractivity contribution in [1.29, 1.82) is 0 Å². The average Bonchev–Trinajstić information content (AvgIpc) is 3.10. The third kappa shape index (κ3) is 4.58. The zero-order valence-corrected chi connectivity index (χ0v) is 17.7. The number of piperidine rings is 2. The number of nitrogens with zero attached hydrogens (tertiary/aromatic N) is 3. The molecule has 2 unspecified atom stereocenters. The number of amides is 3. The SMILES string of the molecule is CN(Cc1ccccc1)C(=O)N1CCC(C(=O)N(C)C2CC3CCC(C2)N3)CC1. The summed E-state index contributed by atoms with van der Waals surface area (Å²) in [5, 5.41) is 3.65. The third-order valence-corrected chi connectivity index (χ3v) is 7.05. The number of nitrogens with one attached hydrogen (secondary N) is 1. The van der Waals surface area contributed by atoms with Crippen molar-refractivity contribution in [3.63, 3.8) is 0 Å². The van der Waals surface area contributed by atoms with Gasteiger partial charge in [0.1, 0.15) is 0 Å². The summed E-state index contributed by atoms with van der Waals surface area (Å²) in [7, 11) is 3.84. The maximum absolute atomic E-state index is 13.1. The van der Waals surface area contributed by atoms with Crippen LogP contribution in [0.15, 0.2) is 30.3 Å². The molecule has 1 aromatic rings. The van der Waals surface area contributed by atoms with Crippen LogP contribution in [0.5, 0.6) is 0 Å². The van der Waals surface area contributed by atoms with Crippen LogP contribution in [-0.4, -0.2) is 71.9 Å². The van der Waals surface area contributed by atoms with Gasteiger partial charge in [-0.05, 0) is 44.1 Å². The molecule has 2 atom stereocenters. The zero-order valence-electron chi connectivity index (χ0n) is 17.7. The molecule has 0 aromatic heterocycles. The maximum atomic E-state index is 13.1. The molecule has 3 aliphatic rings. The van der Waals surface area contributed by atoms with Crippen molar-refractivity contribution in [2.24, 2.45) is 5.92 Å². The van der Waals surface area contributed by atoms with Crippen molar-refractivity contribution in [2.45, 2.75) is 63.2 Å². The number of rotatable bonds is 4. The molecule has 6 heteroatoms. The molecule has 4 rings (SSSR count). The van der Waals surface area contributed by atoms with Gasteiger partial charge in [0.25, 0.3) is 0 Å². The lowest BCUT2D eigenvalue weighted by Gasteiger charge is -2.39. The molecule has 29 heavy (non-hydrogen) atoms. The minimum absolute atomic E-state index is 0.0519. The molecule has 3 aliphatic heterocycles. The minimum Gasteiger partial charge on any atom is -0.342 e. The largest absolute Gasteiger partial charge is 0.342 e. The van der Waals surface area contributed by atoms with Crippen molar-refractivity contribution < 1.29 is 9.59 Å². The fraction of sp³-hybridized carbons (Fsp3) is 0.652. The summed E-state index contributed by atoms with van der Waals surface area (Å²) in [5.41, 5.74) is 1.13. The second-order valence-electron chi connectivity index (χ2n) is 9.10. The van der Waals surface area contributed by atoms with Gasteiger partial charge in [-0.15, -0.1) is 0 Å². The van der Waals surface area contributed by atoms with Gasteiger partial charge in [0.2, 0.25) is 5.91 Å². The van der Waals surface area contributed by atoms with E-state index in [1.807, 2.05) is 54.2 Å². The van der Waals surface area contributed by atoms with Crippen LogP contribution in [-0.2, 0) is 11.3 Å². The molecule has 3 fully saturated rings. The lowest BCUT2D eigenvalue weighted by molar-refractivity contribution is -0.138. The number of carbonyl (C=O) groups is 2. The van der Waals surface area contributed by atoms with Crippen LogP contribution >= 0.6 is 0 Å². The molecule has 6 nitrogen and oxygen atoms in total. The fourth-order valence-corrected chi connectivity index (χ4v) is 5.30.